The monoisotopic (exact) mass is 303 g/mol. The molecular weight excluding hydrogens is 278 g/mol. The Morgan fingerprint density at radius 3 is 2.64 bits per heavy atom. The molecule has 1 fully saturated rings. The zero-order valence-electron chi connectivity index (χ0n) is 13.0. The van der Waals surface area contributed by atoms with Crippen molar-refractivity contribution in [3.63, 3.8) is 0 Å². The van der Waals surface area contributed by atoms with Crippen LogP contribution in [0.5, 0.6) is 11.5 Å². The first-order chi connectivity index (χ1) is 10.8. The van der Waals surface area contributed by atoms with Gasteiger partial charge in [-0.3, -0.25) is 0 Å². The van der Waals surface area contributed by atoms with Crippen LogP contribution in [-0.2, 0) is 0 Å². The highest BCUT2D eigenvalue weighted by molar-refractivity contribution is 5.78. The van der Waals surface area contributed by atoms with E-state index in [1.165, 1.54) is 38.5 Å². The third kappa shape index (κ3) is 4.06. The van der Waals surface area contributed by atoms with Crippen molar-refractivity contribution in [3.05, 3.63) is 24.3 Å². The van der Waals surface area contributed by atoms with Crippen molar-refractivity contribution in [1.29, 1.82) is 0 Å². The standard InChI is InChI=1S/C17H25N3O2/c18-17(20-13-7-3-1-2-4-8-13)19-11-14-12-21-15-9-5-6-10-16(15)22-14/h5-6,9-10,13-14H,1-4,7-8,11-12H2,(H3,18,19,20). The number of aliphatic imine (C=N–C) groups is 1. The summed E-state index contributed by atoms with van der Waals surface area (Å²) in [5.74, 6) is 2.10. The van der Waals surface area contributed by atoms with E-state index >= 15 is 0 Å². The van der Waals surface area contributed by atoms with E-state index in [0.717, 1.165) is 11.5 Å². The topological polar surface area (TPSA) is 68.9 Å². The average Bonchev–Trinajstić information content (AvgIpc) is 2.81. The second-order valence-corrected chi connectivity index (χ2v) is 6.06. The summed E-state index contributed by atoms with van der Waals surface area (Å²) in [5, 5.41) is 3.35. The van der Waals surface area contributed by atoms with Crippen molar-refractivity contribution < 1.29 is 9.47 Å². The van der Waals surface area contributed by atoms with E-state index in [4.69, 9.17) is 15.2 Å². The summed E-state index contributed by atoms with van der Waals surface area (Å²) in [6.07, 6.45) is 7.52. The highest BCUT2D eigenvalue weighted by Gasteiger charge is 2.20. The Hall–Kier alpha value is -1.91. The molecule has 0 amide bonds. The van der Waals surface area contributed by atoms with Crippen LogP contribution in [0, 0.1) is 0 Å². The molecule has 0 bridgehead atoms. The summed E-state index contributed by atoms with van der Waals surface area (Å²) in [6.45, 7) is 1.02. The van der Waals surface area contributed by atoms with Crippen LogP contribution < -0.4 is 20.5 Å². The molecule has 0 saturated heterocycles. The molecule has 22 heavy (non-hydrogen) atoms. The van der Waals surface area contributed by atoms with Gasteiger partial charge in [0.1, 0.15) is 6.61 Å². The Morgan fingerprint density at radius 2 is 1.86 bits per heavy atom. The van der Waals surface area contributed by atoms with E-state index in [1.807, 2.05) is 24.3 Å². The largest absolute Gasteiger partial charge is 0.486 e. The zero-order valence-corrected chi connectivity index (χ0v) is 13.0. The summed E-state index contributed by atoms with van der Waals surface area (Å²) < 4.78 is 11.6. The fraction of sp³-hybridized carbons (Fsp3) is 0.588. The molecule has 1 heterocycles. The van der Waals surface area contributed by atoms with E-state index in [1.54, 1.807) is 0 Å². The molecule has 1 saturated carbocycles. The van der Waals surface area contributed by atoms with Gasteiger partial charge in [-0.2, -0.15) is 0 Å². The van der Waals surface area contributed by atoms with Gasteiger partial charge in [0.15, 0.2) is 23.6 Å². The third-order valence-electron chi connectivity index (χ3n) is 4.24. The molecule has 1 atom stereocenters. The predicted octanol–water partition coefficient (Wildman–Crippen LogP) is 2.45. The summed E-state index contributed by atoms with van der Waals surface area (Å²) in [5.41, 5.74) is 6.01. The quantitative estimate of drug-likeness (QED) is 0.511. The minimum Gasteiger partial charge on any atom is -0.486 e. The van der Waals surface area contributed by atoms with Crippen molar-refractivity contribution in [2.45, 2.75) is 50.7 Å². The number of ether oxygens (including phenoxy) is 2. The number of hydrogen-bond acceptors (Lipinski definition) is 3. The summed E-state index contributed by atoms with van der Waals surface area (Å²) >= 11 is 0. The molecule has 1 aromatic carbocycles. The molecule has 120 valence electrons. The van der Waals surface area contributed by atoms with Crippen LogP contribution in [0.3, 0.4) is 0 Å². The number of guanidine groups is 1. The van der Waals surface area contributed by atoms with Gasteiger partial charge in [-0.15, -0.1) is 0 Å². The fourth-order valence-corrected chi connectivity index (χ4v) is 3.03. The Morgan fingerprint density at radius 1 is 1.14 bits per heavy atom. The maximum Gasteiger partial charge on any atom is 0.188 e. The van der Waals surface area contributed by atoms with Gasteiger partial charge in [0.25, 0.3) is 0 Å². The lowest BCUT2D eigenvalue weighted by Gasteiger charge is -2.25. The van der Waals surface area contributed by atoms with Crippen LogP contribution in [-0.4, -0.2) is 31.3 Å². The number of rotatable bonds is 3. The lowest BCUT2D eigenvalue weighted by Crippen LogP contribution is -2.41. The van der Waals surface area contributed by atoms with Crippen LogP contribution in [0.2, 0.25) is 0 Å². The second kappa shape index (κ2) is 7.38. The number of para-hydroxylation sites is 2. The summed E-state index contributed by atoms with van der Waals surface area (Å²) in [4.78, 5) is 4.42. The molecule has 5 nitrogen and oxygen atoms in total. The molecule has 5 heteroatoms. The number of nitrogens with two attached hydrogens (primary N) is 1. The van der Waals surface area contributed by atoms with E-state index in [2.05, 4.69) is 10.3 Å². The van der Waals surface area contributed by atoms with Crippen LogP contribution in [0.4, 0.5) is 0 Å². The molecule has 2 aliphatic rings. The van der Waals surface area contributed by atoms with Gasteiger partial charge in [0.05, 0.1) is 6.54 Å². The average molecular weight is 303 g/mol. The minimum atomic E-state index is -0.0793. The molecule has 0 aromatic heterocycles. The van der Waals surface area contributed by atoms with E-state index in [9.17, 15) is 0 Å². The molecular formula is C17H25N3O2. The van der Waals surface area contributed by atoms with Crippen LogP contribution in [0.1, 0.15) is 38.5 Å². The number of benzene rings is 1. The van der Waals surface area contributed by atoms with Gasteiger partial charge < -0.3 is 20.5 Å². The molecule has 3 N–H and O–H groups in total. The van der Waals surface area contributed by atoms with E-state index in [0.29, 0.717) is 25.2 Å². The molecule has 1 aliphatic heterocycles. The lowest BCUT2D eigenvalue weighted by atomic mass is 10.1. The van der Waals surface area contributed by atoms with Crippen LogP contribution in [0.25, 0.3) is 0 Å². The van der Waals surface area contributed by atoms with Crippen LogP contribution >= 0.6 is 0 Å². The Bertz CT molecular complexity index is 510. The molecule has 0 radical (unpaired) electrons. The SMILES string of the molecule is NC(=NCC1COc2ccccc2O1)NC1CCCCCC1. The second-order valence-electron chi connectivity index (χ2n) is 6.06. The summed E-state index contributed by atoms with van der Waals surface area (Å²) in [6, 6.07) is 8.18. The maximum absolute atomic E-state index is 6.01. The van der Waals surface area contributed by atoms with Gasteiger partial charge in [-0.05, 0) is 25.0 Å². The van der Waals surface area contributed by atoms with Gasteiger partial charge in [-0.1, -0.05) is 37.8 Å². The van der Waals surface area contributed by atoms with Crippen molar-refractivity contribution in [3.8, 4) is 11.5 Å². The normalized spacial score (nSPS) is 22.9. The fourth-order valence-electron chi connectivity index (χ4n) is 3.03. The predicted molar refractivity (Wildman–Crippen MR) is 87.5 cm³/mol. The number of nitrogens with zero attached hydrogens (tertiary/aromatic N) is 1. The van der Waals surface area contributed by atoms with Crippen molar-refractivity contribution in [2.75, 3.05) is 13.2 Å². The Labute approximate surface area is 131 Å². The number of fused-ring (bicyclic) bond motifs is 1. The smallest absolute Gasteiger partial charge is 0.188 e. The highest BCUT2D eigenvalue weighted by Crippen LogP contribution is 2.30. The molecule has 0 spiro atoms. The van der Waals surface area contributed by atoms with Crippen molar-refractivity contribution in [1.82, 2.24) is 5.32 Å². The number of hydrogen-bond donors (Lipinski definition) is 2. The first-order valence-electron chi connectivity index (χ1n) is 8.26. The molecule has 1 unspecified atom stereocenters. The first-order valence-corrected chi connectivity index (χ1v) is 8.26. The van der Waals surface area contributed by atoms with Gasteiger partial charge in [0, 0.05) is 6.04 Å². The Balaban J connectivity index is 1.49. The van der Waals surface area contributed by atoms with Gasteiger partial charge in [0.2, 0.25) is 0 Å². The molecule has 1 aliphatic carbocycles. The minimum absolute atomic E-state index is 0.0793. The maximum atomic E-state index is 6.01. The zero-order chi connectivity index (χ0) is 15.2. The summed E-state index contributed by atoms with van der Waals surface area (Å²) in [7, 11) is 0. The van der Waals surface area contributed by atoms with E-state index < -0.39 is 0 Å². The van der Waals surface area contributed by atoms with Crippen molar-refractivity contribution >= 4 is 5.96 Å². The third-order valence-corrected chi connectivity index (χ3v) is 4.24. The lowest BCUT2D eigenvalue weighted by molar-refractivity contribution is 0.0971. The van der Waals surface area contributed by atoms with Crippen molar-refractivity contribution in [2.24, 2.45) is 10.7 Å². The highest BCUT2D eigenvalue weighted by atomic mass is 16.6. The molecule has 3 rings (SSSR count). The van der Waals surface area contributed by atoms with Gasteiger partial charge in [-0.25, -0.2) is 4.99 Å². The van der Waals surface area contributed by atoms with E-state index in [-0.39, 0.29) is 6.10 Å². The first kappa shape index (κ1) is 15.0. The number of nitrogens with one attached hydrogen (secondary N) is 1. The Kier molecular flexibility index (Phi) is 5.03. The van der Waals surface area contributed by atoms with Gasteiger partial charge >= 0.3 is 0 Å². The van der Waals surface area contributed by atoms with Crippen LogP contribution in [0.15, 0.2) is 29.3 Å². The molecule has 1 aromatic rings.